The Morgan fingerprint density at radius 1 is 1.06 bits per heavy atom. The highest BCUT2D eigenvalue weighted by molar-refractivity contribution is 6.08. The maximum atomic E-state index is 13.2. The second kappa shape index (κ2) is 8.63. The van der Waals surface area contributed by atoms with E-state index in [1.165, 1.54) is 41.4 Å². The van der Waals surface area contributed by atoms with Crippen molar-refractivity contribution in [1.29, 1.82) is 0 Å². The Kier molecular flexibility index (Phi) is 5.58. The Bertz CT molecular complexity index is 1520. The van der Waals surface area contributed by atoms with E-state index in [9.17, 15) is 31.9 Å². The Balaban J connectivity index is 1.41. The Hall–Kier alpha value is -4.48. The molecule has 5 rings (SSSR count). The zero-order valence-electron chi connectivity index (χ0n) is 18.3. The molecule has 1 saturated heterocycles. The lowest BCUT2D eigenvalue weighted by Crippen LogP contribution is -2.24. The first kappa shape index (κ1) is 23.3. The third-order valence-corrected chi connectivity index (χ3v) is 5.91. The normalized spacial score (nSPS) is 16.1. The fraction of sp³-hybridized carbons (Fsp3) is 0.167. The summed E-state index contributed by atoms with van der Waals surface area (Å²) in [6.45, 7) is 0.213. The topological polar surface area (TPSA) is 99.6 Å². The van der Waals surface area contributed by atoms with Gasteiger partial charge in [-0.05, 0) is 48.5 Å². The fourth-order valence-electron chi connectivity index (χ4n) is 4.09. The van der Waals surface area contributed by atoms with E-state index in [0.29, 0.717) is 11.4 Å². The van der Waals surface area contributed by atoms with Crippen LogP contribution in [0.3, 0.4) is 0 Å². The van der Waals surface area contributed by atoms with Gasteiger partial charge >= 0.3 is 6.18 Å². The van der Waals surface area contributed by atoms with E-state index in [-0.39, 0.29) is 35.8 Å². The fourth-order valence-corrected chi connectivity index (χ4v) is 4.09. The monoisotopic (exact) mass is 499 g/mol. The van der Waals surface area contributed by atoms with Crippen molar-refractivity contribution >= 4 is 28.8 Å². The van der Waals surface area contributed by atoms with E-state index >= 15 is 0 Å². The van der Waals surface area contributed by atoms with Gasteiger partial charge in [0.15, 0.2) is 5.65 Å². The Morgan fingerprint density at radius 3 is 2.42 bits per heavy atom. The van der Waals surface area contributed by atoms with Crippen molar-refractivity contribution in [3.8, 4) is 0 Å². The van der Waals surface area contributed by atoms with Crippen LogP contribution in [-0.2, 0) is 11.0 Å². The summed E-state index contributed by atoms with van der Waals surface area (Å²) in [4.78, 5) is 44.0. The molecule has 0 bridgehead atoms. The lowest BCUT2D eigenvalue weighted by atomic mass is 10.0. The maximum Gasteiger partial charge on any atom is 0.416 e. The number of H-pyrrole nitrogens is 1. The van der Waals surface area contributed by atoms with Crippen LogP contribution < -0.4 is 15.8 Å². The van der Waals surface area contributed by atoms with Crippen molar-refractivity contribution in [2.45, 2.75) is 18.5 Å². The number of anilines is 2. The summed E-state index contributed by atoms with van der Waals surface area (Å²) >= 11 is 0. The summed E-state index contributed by atoms with van der Waals surface area (Å²) in [7, 11) is 0. The molecule has 8 nitrogen and oxygen atoms in total. The molecule has 2 aromatic heterocycles. The molecule has 0 unspecified atom stereocenters. The van der Waals surface area contributed by atoms with Crippen LogP contribution in [0.15, 0.2) is 65.6 Å². The average Bonchev–Trinajstić information content (AvgIpc) is 3.43. The SMILES string of the molecule is O=C(Nc1ccc(C(F)(F)F)cc1)c1c[nH]n2c(=O)cc([C@@H]3CC(=O)N(c4ccc(F)cc4)C3)nc12. The van der Waals surface area contributed by atoms with Gasteiger partial charge in [-0.3, -0.25) is 19.5 Å². The molecule has 0 saturated carbocycles. The number of carbonyl (C=O) groups is 2. The number of carbonyl (C=O) groups excluding carboxylic acids is 2. The molecule has 4 aromatic rings. The van der Waals surface area contributed by atoms with Crippen molar-refractivity contribution in [1.82, 2.24) is 14.6 Å². The van der Waals surface area contributed by atoms with Gasteiger partial charge in [-0.15, -0.1) is 0 Å². The molecule has 2 N–H and O–H groups in total. The lowest BCUT2D eigenvalue weighted by Gasteiger charge is -2.16. The van der Waals surface area contributed by atoms with Crippen LogP contribution >= 0.6 is 0 Å². The molecule has 1 fully saturated rings. The third-order valence-electron chi connectivity index (χ3n) is 5.91. The largest absolute Gasteiger partial charge is 0.416 e. The zero-order chi connectivity index (χ0) is 25.6. The first-order chi connectivity index (χ1) is 17.1. The number of halogens is 4. The third kappa shape index (κ3) is 4.32. The predicted molar refractivity (Wildman–Crippen MR) is 121 cm³/mol. The number of fused-ring (bicyclic) bond motifs is 1. The minimum Gasteiger partial charge on any atom is -0.322 e. The van der Waals surface area contributed by atoms with Crippen LogP contribution in [0.25, 0.3) is 5.65 Å². The lowest BCUT2D eigenvalue weighted by molar-refractivity contribution is -0.137. The van der Waals surface area contributed by atoms with Gasteiger partial charge in [-0.2, -0.15) is 13.2 Å². The molecule has 184 valence electrons. The van der Waals surface area contributed by atoms with Crippen LogP contribution in [0.2, 0.25) is 0 Å². The number of hydrogen-bond acceptors (Lipinski definition) is 4. The van der Waals surface area contributed by atoms with E-state index in [1.807, 2.05) is 0 Å². The van der Waals surface area contributed by atoms with Crippen LogP contribution in [0.4, 0.5) is 28.9 Å². The van der Waals surface area contributed by atoms with Crippen LogP contribution in [0.1, 0.15) is 34.0 Å². The number of benzene rings is 2. The molecule has 2 amide bonds. The standard InChI is InChI=1S/C24H17F4N5O3/c25-15-3-7-17(8-4-15)32-12-13(9-20(32)34)19-10-21(35)33-22(31-19)18(11-29-33)23(36)30-16-5-1-14(2-6-16)24(26,27)28/h1-8,10-11,13,29H,9,12H2,(H,30,36)/t13-/m1/s1. The minimum atomic E-state index is -4.51. The molecular weight excluding hydrogens is 482 g/mol. The summed E-state index contributed by atoms with van der Waals surface area (Å²) < 4.78 is 52.6. The van der Waals surface area contributed by atoms with Gasteiger partial charge in [-0.25, -0.2) is 13.9 Å². The van der Waals surface area contributed by atoms with Crippen LogP contribution in [0, 0.1) is 5.82 Å². The smallest absolute Gasteiger partial charge is 0.322 e. The average molecular weight is 499 g/mol. The summed E-state index contributed by atoms with van der Waals surface area (Å²) in [5.41, 5.74) is -0.408. The van der Waals surface area contributed by atoms with Crippen molar-refractivity contribution < 1.29 is 27.2 Å². The van der Waals surface area contributed by atoms with E-state index in [1.54, 1.807) is 0 Å². The van der Waals surface area contributed by atoms with Gasteiger partial charge < -0.3 is 10.2 Å². The second-order valence-corrected chi connectivity index (χ2v) is 8.28. The van der Waals surface area contributed by atoms with E-state index in [2.05, 4.69) is 15.4 Å². The molecule has 2 aromatic carbocycles. The number of hydrogen-bond donors (Lipinski definition) is 2. The van der Waals surface area contributed by atoms with Gasteiger partial charge in [0.05, 0.1) is 11.3 Å². The number of aromatic amines is 1. The number of amides is 2. The molecule has 3 heterocycles. The molecule has 12 heteroatoms. The van der Waals surface area contributed by atoms with Crippen molar-refractivity contribution in [2.75, 3.05) is 16.8 Å². The van der Waals surface area contributed by atoms with Gasteiger partial charge in [0, 0.05) is 42.5 Å². The summed E-state index contributed by atoms with van der Waals surface area (Å²) in [5, 5.41) is 5.13. The summed E-state index contributed by atoms with van der Waals surface area (Å²) in [6, 6.07) is 10.7. The summed E-state index contributed by atoms with van der Waals surface area (Å²) in [6.07, 6.45) is -3.18. The van der Waals surface area contributed by atoms with Gasteiger partial charge in [-0.1, -0.05) is 0 Å². The molecule has 1 atom stereocenters. The quantitative estimate of drug-likeness (QED) is 0.416. The van der Waals surface area contributed by atoms with E-state index < -0.39 is 34.9 Å². The molecule has 36 heavy (non-hydrogen) atoms. The van der Waals surface area contributed by atoms with Crippen molar-refractivity contribution in [2.24, 2.45) is 0 Å². The number of alkyl halides is 3. The van der Waals surface area contributed by atoms with Gasteiger partial charge in [0.2, 0.25) is 5.91 Å². The first-order valence-corrected chi connectivity index (χ1v) is 10.8. The highest BCUT2D eigenvalue weighted by Gasteiger charge is 2.33. The maximum absolute atomic E-state index is 13.2. The van der Waals surface area contributed by atoms with E-state index in [0.717, 1.165) is 28.8 Å². The van der Waals surface area contributed by atoms with Gasteiger partial charge in [0.1, 0.15) is 11.4 Å². The van der Waals surface area contributed by atoms with Crippen molar-refractivity contribution in [3.05, 3.63) is 93.8 Å². The van der Waals surface area contributed by atoms with Crippen LogP contribution in [0.5, 0.6) is 0 Å². The molecular formula is C24H17F4N5O3. The number of rotatable bonds is 4. The van der Waals surface area contributed by atoms with Crippen molar-refractivity contribution in [3.63, 3.8) is 0 Å². The molecule has 0 radical (unpaired) electrons. The Morgan fingerprint density at radius 2 is 1.75 bits per heavy atom. The second-order valence-electron chi connectivity index (χ2n) is 8.28. The minimum absolute atomic E-state index is 0.00596. The zero-order valence-corrected chi connectivity index (χ0v) is 18.3. The highest BCUT2D eigenvalue weighted by atomic mass is 19.4. The molecule has 0 spiro atoms. The number of aromatic nitrogens is 3. The Labute approximate surface area is 200 Å². The molecule has 1 aliphatic heterocycles. The van der Waals surface area contributed by atoms with E-state index in [4.69, 9.17) is 0 Å². The highest BCUT2D eigenvalue weighted by Crippen LogP contribution is 2.32. The number of nitrogens with zero attached hydrogens (tertiary/aromatic N) is 3. The van der Waals surface area contributed by atoms with Crippen LogP contribution in [-0.4, -0.2) is 33.0 Å². The first-order valence-electron chi connectivity index (χ1n) is 10.8. The molecule has 0 aliphatic carbocycles. The molecule has 1 aliphatic rings. The van der Waals surface area contributed by atoms with Gasteiger partial charge in [0.25, 0.3) is 11.5 Å². The summed E-state index contributed by atoms with van der Waals surface area (Å²) in [5.74, 6) is -1.78. The number of nitrogens with one attached hydrogen (secondary N) is 2. The predicted octanol–water partition coefficient (Wildman–Crippen LogP) is 3.95.